The van der Waals surface area contributed by atoms with E-state index in [2.05, 4.69) is 100 Å². The fourth-order valence-corrected chi connectivity index (χ4v) is 5.68. The number of anilines is 3. The zero-order chi connectivity index (χ0) is 23.6. The molecule has 1 aliphatic rings. The van der Waals surface area contributed by atoms with E-state index in [1.165, 1.54) is 38.6 Å². The van der Waals surface area contributed by atoms with Crippen LogP contribution < -0.4 is 4.90 Å². The number of para-hydroxylation sites is 2. The average Bonchev–Trinajstić information content (AvgIpc) is 3.23. The van der Waals surface area contributed by atoms with Crippen LogP contribution in [0.1, 0.15) is 25.0 Å². The molecule has 1 aliphatic heterocycles. The number of nitrogens with zero attached hydrogens (tertiary/aromatic N) is 4. The lowest BCUT2D eigenvalue weighted by Crippen LogP contribution is -2.26. The highest BCUT2D eigenvalue weighted by Crippen LogP contribution is 2.48. The number of fused-ring (bicyclic) bond motifs is 5. The van der Waals surface area contributed by atoms with Crippen LogP contribution in [0.25, 0.3) is 27.5 Å². The maximum Gasteiger partial charge on any atom is 0.137 e. The van der Waals surface area contributed by atoms with Crippen LogP contribution in [-0.2, 0) is 5.41 Å². The molecule has 0 saturated heterocycles. The van der Waals surface area contributed by atoms with Gasteiger partial charge >= 0.3 is 0 Å². The first-order valence-electron chi connectivity index (χ1n) is 11.9. The van der Waals surface area contributed by atoms with E-state index >= 15 is 0 Å². The fraction of sp³-hybridized carbons (Fsp3) is 0.0968. The Kier molecular flexibility index (Phi) is 4.15. The van der Waals surface area contributed by atoms with Crippen molar-refractivity contribution in [1.29, 1.82) is 0 Å². The lowest BCUT2D eigenvalue weighted by molar-refractivity contribution is 0.630. The Morgan fingerprint density at radius 2 is 1.57 bits per heavy atom. The van der Waals surface area contributed by atoms with Crippen LogP contribution in [0, 0.1) is 0 Å². The molecule has 0 amide bonds. The van der Waals surface area contributed by atoms with Gasteiger partial charge in [0.25, 0.3) is 0 Å². The molecule has 3 aromatic heterocycles. The molecule has 0 fully saturated rings. The van der Waals surface area contributed by atoms with Gasteiger partial charge in [0.1, 0.15) is 5.82 Å². The predicted octanol–water partition coefficient (Wildman–Crippen LogP) is 7.68. The lowest BCUT2D eigenvalue weighted by atomic mass is 9.75. The van der Waals surface area contributed by atoms with Crippen molar-refractivity contribution in [3.63, 3.8) is 0 Å². The minimum Gasteiger partial charge on any atom is -0.309 e. The van der Waals surface area contributed by atoms with Crippen molar-refractivity contribution in [2.75, 3.05) is 4.90 Å². The van der Waals surface area contributed by atoms with Crippen LogP contribution in [-0.4, -0.2) is 14.5 Å². The van der Waals surface area contributed by atoms with E-state index in [4.69, 9.17) is 0 Å². The highest BCUT2D eigenvalue weighted by Gasteiger charge is 2.34. The number of aromatic nitrogens is 3. The number of hydrogen-bond donors (Lipinski definition) is 0. The van der Waals surface area contributed by atoms with E-state index in [1.807, 2.05) is 36.7 Å². The average molecular weight is 453 g/mol. The van der Waals surface area contributed by atoms with Crippen LogP contribution in [0.4, 0.5) is 17.2 Å². The monoisotopic (exact) mass is 452 g/mol. The van der Waals surface area contributed by atoms with Gasteiger partial charge in [0.05, 0.1) is 28.6 Å². The topological polar surface area (TPSA) is 34.0 Å². The van der Waals surface area contributed by atoms with Crippen molar-refractivity contribution in [3.8, 4) is 5.69 Å². The van der Waals surface area contributed by atoms with Crippen LogP contribution >= 0.6 is 0 Å². The smallest absolute Gasteiger partial charge is 0.137 e. The molecule has 0 atom stereocenters. The third kappa shape index (κ3) is 2.80. The molecular weight excluding hydrogens is 428 g/mol. The first kappa shape index (κ1) is 20.0. The molecule has 0 aliphatic carbocycles. The molecule has 0 spiro atoms. The summed E-state index contributed by atoms with van der Waals surface area (Å²) in [4.78, 5) is 11.2. The van der Waals surface area contributed by atoms with Crippen LogP contribution in [0.15, 0.2) is 110 Å². The van der Waals surface area contributed by atoms with Gasteiger partial charge in [-0.15, -0.1) is 0 Å². The van der Waals surface area contributed by atoms with Crippen molar-refractivity contribution in [3.05, 3.63) is 121 Å². The van der Waals surface area contributed by atoms with Gasteiger partial charge in [-0.25, -0.2) is 4.98 Å². The lowest BCUT2D eigenvalue weighted by Gasteiger charge is -2.34. The Morgan fingerprint density at radius 1 is 0.714 bits per heavy atom. The Hall–Kier alpha value is -4.44. The number of rotatable bonds is 3. The maximum atomic E-state index is 4.66. The summed E-state index contributed by atoms with van der Waals surface area (Å²) in [6.07, 6.45) is 5.51. The minimum absolute atomic E-state index is 0.0704. The first-order chi connectivity index (χ1) is 17.1. The standard InChI is InChI=1S/C31H24N4/c1-31(2)25-11-3-4-13-28(25)35-27-16-15-21(19-24(27)23-10-7-12-26(31)30(23)35)34(22-9-8-17-32-20-22)29-14-5-6-18-33-29/h3-20H,1-2H3. The van der Waals surface area contributed by atoms with Crippen molar-refractivity contribution < 1.29 is 0 Å². The molecule has 35 heavy (non-hydrogen) atoms. The molecule has 4 heteroatoms. The van der Waals surface area contributed by atoms with E-state index in [1.54, 1.807) is 6.20 Å². The third-order valence-corrected chi connectivity index (χ3v) is 7.30. The maximum absolute atomic E-state index is 4.66. The number of pyridine rings is 2. The van der Waals surface area contributed by atoms with Gasteiger partial charge in [-0.3, -0.25) is 9.88 Å². The summed E-state index contributed by atoms with van der Waals surface area (Å²) in [5.74, 6) is 0.861. The third-order valence-electron chi connectivity index (χ3n) is 7.30. The Bertz CT molecular complexity index is 1680. The molecule has 168 valence electrons. The van der Waals surface area contributed by atoms with Crippen molar-refractivity contribution in [2.45, 2.75) is 19.3 Å². The molecule has 0 saturated carbocycles. The second-order valence-corrected chi connectivity index (χ2v) is 9.62. The van der Waals surface area contributed by atoms with E-state index in [-0.39, 0.29) is 5.41 Å². The molecule has 0 unspecified atom stereocenters. The minimum atomic E-state index is -0.0704. The predicted molar refractivity (Wildman–Crippen MR) is 143 cm³/mol. The van der Waals surface area contributed by atoms with Crippen molar-refractivity contribution in [2.24, 2.45) is 0 Å². The molecule has 0 radical (unpaired) electrons. The zero-order valence-electron chi connectivity index (χ0n) is 19.7. The van der Waals surface area contributed by atoms with Gasteiger partial charge in [-0.1, -0.05) is 56.3 Å². The van der Waals surface area contributed by atoms with E-state index in [0.29, 0.717) is 0 Å². The summed E-state index contributed by atoms with van der Waals surface area (Å²) in [5, 5.41) is 2.51. The summed E-state index contributed by atoms with van der Waals surface area (Å²) in [5.41, 5.74) is 8.45. The first-order valence-corrected chi connectivity index (χ1v) is 11.9. The highest BCUT2D eigenvalue weighted by molar-refractivity contribution is 6.12. The quantitative estimate of drug-likeness (QED) is 0.276. The molecule has 7 rings (SSSR count). The summed E-state index contributed by atoms with van der Waals surface area (Å²) >= 11 is 0. The Balaban J connectivity index is 1.55. The fourth-order valence-electron chi connectivity index (χ4n) is 5.68. The number of hydrogen-bond acceptors (Lipinski definition) is 3. The Labute approximate surface area is 204 Å². The van der Waals surface area contributed by atoms with Gasteiger partial charge in [0.2, 0.25) is 0 Å². The van der Waals surface area contributed by atoms with Gasteiger partial charge in [0.15, 0.2) is 0 Å². The molecule has 4 heterocycles. The number of benzene rings is 3. The van der Waals surface area contributed by atoms with Gasteiger partial charge in [0, 0.05) is 34.3 Å². The molecule has 3 aromatic carbocycles. The largest absolute Gasteiger partial charge is 0.309 e. The normalized spacial score (nSPS) is 13.7. The molecule has 0 N–H and O–H groups in total. The van der Waals surface area contributed by atoms with Crippen LogP contribution in [0.3, 0.4) is 0 Å². The summed E-state index contributed by atoms with van der Waals surface area (Å²) in [7, 11) is 0. The van der Waals surface area contributed by atoms with E-state index in [0.717, 1.165) is 17.2 Å². The molecule has 6 aromatic rings. The van der Waals surface area contributed by atoms with Gasteiger partial charge < -0.3 is 4.57 Å². The van der Waals surface area contributed by atoms with E-state index in [9.17, 15) is 0 Å². The zero-order valence-corrected chi connectivity index (χ0v) is 19.7. The molecular formula is C31H24N4. The second-order valence-electron chi connectivity index (χ2n) is 9.62. The van der Waals surface area contributed by atoms with Crippen molar-refractivity contribution in [1.82, 2.24) is 14.5 Å². The van der Waals surface area contributed by atoms with E-state index < -0.39 is 0 Å². The van der Waals surface area contributed by atoms with Gasteiger partial charge in [-0.2, -0.15) is 0 Å². The van der Waals surface area contributed by atoms with Gasteiger partial charge in [-0.05, 0) is 59.7 Å². The van der Waals surface area contributed by atoms with Crippen LogP contribution in [0.5, 0.6) is 0 Å². The Morgan fingerprint density at radius 3 is 2.40 bits per heavy atom. The SMILES string of the molecule is CC1(C)c2ccccc2-n2c3ccc(N(c4cccnc4)c4ccccn4)cc3c3cccc1c32. The molecule has 0 bridgehead atoms. The van der Waals surface area contributed by atoms with Crippen molar-refractivity contribution >= 4 is 39.0 Å². The summed E-state index contributed by atoms with van der Waals surface area (Å²) in [6.45, 7) is 4.66. The second kappa shape index (κ2) is 7.28. The molecule has 4 nitrogen and oxygen atoms in total. The highest BCUT2D eigenvalue weighted by atomic mass is 15.2. The summed E-state index contributed by atoms with van der Waals surface area (Å²) < 4.78 is 2.44. The van der Waals surface area contributed by atoms with Crippen LogP contribution in [0.2, 0.25) is 0 Å². The summed E-state index contributed by atoms with van der Waals surface area (Å²) in [6, 6.07) is 32.3.